The van der Waals surface area contributed by atoms with Gasteiger partial charge in [0, 0.05) is 10.9 Å². The standard InChI is InChI=1S/C21H19NO5/c1-25-16-9-10-18-15(13-16)12-14(21(24)22(18)27-3)8-11-19(23)17-6-4-5-7-20(17)26-2/h4-13H,1-3H3. The van der Waals surface area contributed by atoms with E-state index in [0.29, 0.717) is 28.1 Å². The lowest BCUT2D eigenvalue weighted by Gasteiger charge is -2.10. The first-order valence-corrected chi connectivity index (χ1v) is 8.22. The molecule has 2 aromatic carbocycles. The summed E-state index contributed by atoms with van der Waals surface area (Å²) in [4.78, 5) is 30.4. The monoisotopic (exact) mass is 365 g/mol. The average Bonchev–Trinajstić information content (AvgIpc) is 2.71. The highest BCUT2D eigenvalue weighted by Crippen LogP contribution is 2.21. The van der Waals surface area contributed by atoms with E-state index < -0.39 is 0 Å². The highest BCUT2D eigenvalue weighted by Gasteiger charge is 2.11. The summed E-state index contributed by atoms with van der Waals surface area (Å²) in [6.07, 6.45) is 2.83. The van der Waals surface area contributed by atoms with Crippen LogP contribution < -0.4 is 19.9 Å². The number of benzene rings is 2. The maximum absolute atomic E-state index is 12.7. The van der Waals surface area contributed by atoms with Crippen molar-refractivity contribution >= 4 is 22.8 Å². The molecule has 0 fully saturated rings. The first-order valence-electron chi connectivity index (χ1n) is 8.22. The summed E-state index contributed by atoms with van der Waals surface area (Å²) in [5.74, 6) is 0.870. The van der Waals surface area contributed by atoms with Crippen LogP contribution in [0.4, 0.5) is 0 Å². The van der Waals surface area contributed by atoms with Gasteiger partial charge < -0.3 is 14.3 Å². The Morgan fingerprint density at radius 3 is 2.48 bits per heavy atom. The molecule has 1 heterocycles. The zero-order valence-electron chi connectivity index (χ0n) is 15.3. The van der Waals surface area contributed by atoms with Crippen molar-refractivity contribution in [1.29, 1.82) is 0 Å². The van der Waals surface area contributed by atoms with E-state index in [0.717, 1.165) is 5.39 Å². The highest BCUT2D eigenvalue weighted by molar-refractivity contribution is 6.08. The fourth-order valence-electron chi connectivity index (χ4n) is 2.82. The van der Waals surface area contributed by atoms with Crippen molar-refractivity contribution in [2.75, 3.05) is 21.3 Å². The van der Waals surface area contributed by atoms with Gasteiger partial charge in [0.05, 0.1) is 25.3 Å². The lowest BCUT2D eigenvalue weighted by Crippen LogP contribution is -2.26. The van der Waals surface area contributed by atoms with Gasteiger partial charge in [-0.15, -0.1) is 4.73 Å². The zero-order valence-corrected chi connectivity index (χ0v) is 15.3. The van der Waals surface area contributed by atoms with Crippen LogP contribution in [-0.4, -0.2) is 31.8 Å². The van der Waals surface area contributed by atoms with Crippen molar-refractivity contribution in [2.45, 2.75) is 0 Å². The van der Waals surface area contributed by atoms with Crippen LogP contribution in [-0.2, 0) is 0 Å². The minimum Gasteiger partial charge on any atom is -0.497 e. The second-order valence-electron chi connectivity index (χ2n) is 5.70. The molecule has 6 heteroatoms. The van der Waals surface area contributed by atoms with Crippen LogP contribution >= 0.6 is 0 Å². The summed E-state index contributed by atoms with van der Waals surface area (Å²) >= 11 is 0. The molecule has 0 aliphatic heterocycles. The largest absolute Gasteiger partial charge is 0.497 e. The van der Waals surface area contributed by atoms with E-state index in [4.69, 9.17) is 14.3 Å². The van der Waals surface area contributed by atoms with E-state index in [1.807, 2.05) is 0 Å². The number of pyridine rings is 1. The SMILES string of the molecule is COc1ccc2c(c1)cc(C=CC(=O)c1ccccc1OC)c(=O)n2OC. The maximum Gasteiger partial charge on any atom is 0.290 e. The first kappa shape index (κ1) is 18.3. The summed E-state index contributed by atoms with van der Waals surface area (Å²) in [6, 6.07) is 13.9. The molecule has 1 aromatic heterocycles. The van der Waals surface area contributed by atoms with Gasteiger partial charge in [-0.1, -0.05) is 12.1 Å². The van der Waals surface area contributed by atoms with Crippen LogP contribution in [0.5, 0.6) is 11.5 Å². The number of fused-ring (bicyclic) bond motifs is 1. The van der Waals surface area contributed by atoms with Crippen molar-refractivity contribution in [3.63, 3.8) is 0 Å². The second-order valence-corrected chi connectivity index (χ2v) is 5.70. The molecule has 0 radical (unpaired) electrons. The first-order chi connectivity index (χ1) is 13.1. The predicted octanol–water partition coefficient (Wildman–Crippen LogP) is 2.97. The highest BCUT2D eigenvalue weighted by atomic mass is 16.6. The van der Waals surface area contributed by atoms with E-state index in [1.165, 1.54) is 31.1 Å². The van der Waals surface area contributed by atoms with Gasteiger partial charge in [-0.2, -0.15) is 0 Å². The van der Waals surface area contributed by atoms with Crippen LogP contribution in [0.1, 0.15) is 15.9 Å². The minimum absolute atomic E-state index is 0.262. The molecule has 6 nitrogen and oxygen atoms in total. The summed E-state index contributed by atoms with van der Waals surface area (Å²) in [5.41, 5.74) is 0.988. The molecule has 0 unspecified atom stereocenters. The topological polar surface area (TPSA) is 66.8 Å². The van der Waals surface area contributed by atoms with Gasteiger partial charge in [-0.3, -0.25) is 9.59 Å². The van der Waals surface area contributed by atoms with E-state index >= 15 is 0 Å². The lowest BCUT2D eigenvalue weighted by molar-refractivity contribution is 0.104. The Bertz CT molecular complexity index is 1080. The third kappa shape index (κ3) is 3.55. The molecule has 3 rings (SSSR count). The average molecular weight is 365 g/mol. The van der Waals surface area contributed by atoms with Crippen molar-refractivity contribution < 1.29 is 19.1 Å². The Labute approximate surface area is 156 Å². The summed E-state index contributed by atoms with van der Waals surface area (Å²) < 4.78 is 11.6. The number of ketones is 1. The molecule has 0 saturated heterocycles. The molecule has 0 saturated carbocycles. The van der Waals surface area contributed by atoms with Crippen molar-refractivity contribution in [3.8, 4) is 11.5 Å². The predicted molar refractivity (Wildman–Crippen MR) is 104 cm³/mol. The van der Waals surface area contributed by atoms with Gasteiger partial charge in [-0.05, 0) is 48.6 Å². The van der Waals surface area contributed by atoms with Crippen LogP contribution in [0.15, 0.2) is 59.4 Å². The number of methoxy groups -OCH3 is 2. The van der Waals surface area contributed by atoms with Crippen LogP contribution in [0, 0.1) is 0 Å². The summed E-state index contributed by atoms with van der Waals surface area (Å²) in [6.45, 7) is 0. The molecule has 138 valence electrons. The van der Waals surface area contributed by atoms with Gasteiger partial charge in [0.1, 0.15) is 18.6 Å². The number of hydrogen-bond acceptors (Lipinski definition) is 5. The molecule has 27 heavy (non-hydrogen) atoms. The smallest absolute Gasteiger partial charge is 0.290 e. The fraction of sp³-hybridized carbons (Fsp3) is 0.143. The maximum atomic E-state index is 12.7. The number of carbonyl (C=O) groups is 1. The number of hydrogen-bond donors (Lipinski definition) is 0. The van der Waals surface area contributed by atoms with Crippen LogP contribution in [0.2, 0.25) is 0 Å². The van der Waals surface area contributed by atoms with Gasteiger partial charge in [0.25, 0.3) is 5.56 Å². The number of allylic oxidation sites excluding steroid dienone is 1. The molecule has 0 N–H and O–H groups in total. The number of nitrogens with zero attached hydrogens (tertiary/aromatic N) is 1. The zero-order chi connectivity index (χ0) is 19.4. The van der Waals surface area contributed by atoms with Crippen LogP contribution in [0.3, 0.4) is 0 Å². The molecular weight excluding hydrogens is 346 g/mol. The number of para-hydroxylation sites is 1. The van der Waals surface area contributed by atoms with Crippen molar-refractivity contribution in [3.05, 3.63) is 76.1 Å². The Hall–Kier alpha value is -3.54. The van der Waals surface area contributed by atoms with Gasteiger partial charge in [-0.25, -0.2) is 0 Å². The molecule has 0 amide bonds. The number of ether oxygens (including phenoxy) is 2. The number of rotatable bonds is 6. The molecule has 0 aliphatic rings. The molecule has 0 spiro atoms. The van der Waals surface area contributed by atoms with Gasteiger partial charge >= 0.3 is 0 Å². The third-order valence-electron chi connectivity index (χ3n) is 4.17. The number of carbonyl (C=O) groups excluding carboxylic acids is 1. The normalized spacial score (nSPS) is 10.9. The molecule has 0 atom stereocenters. The lowest BCUT2D eigenvalue weighted by atomic mass is 10.1. The molecular formula is C21H19NO5. The Kier molecular flexibility index (Phi) is 5.26. The molecule has 0 bridgehead atoms. The van der Waals surface area contributed by atoms with E-state index in [2.05, 4.69) is 0 Å². The molecule has 3 aromatic rings. The quantitative estimate of drug-likeness (QED) is 0.496. The van der Waals surface area contributed by atoms with E-state index in [-0.39, 0.29) is 11.3 Å². The van der Waals surface area contributed by atoms with E-state index in [1.54, 1.807) is 55.6 Å². The summed E-state index contributed by atoms with van der Waals surface area (Å²) in [5, 5.41) is 0.750. The van der Waals surface area contributed by atoms with Crippen molar-refractivity contribution in [2.24, 2.45) is 0 Å². The Morgan fingerprint density at radius 1 is 1.00 bits per heavy atom. The fourth-order valence-corrected chi connectivity index (χ4v) is 2.82. The second kappa shape index (κ2) is 7.78. The minimum atomic E-state index is -0.362. The summed E-state index contributed by atoms with van der Waals surface area (Å²) in [7, 11) is 4.49. The van der Waals surface area contributed by atoms with Crippen LogP contribution in [0.25, 0.3) is 17.0 Å². The Morgan fingerprint density at radius 2 is 1.78 bits per heavy atom. The molecule has 0 aliphatic carbocycles. The van der Waals surface area contributed by atoms with Gasteiger partial charge in [0.2, 0.25) is 0 Å². The van der Waals surface area contributed by atoms with Crippen molar-refractivity contribution in [1.82, 2.24) is 4.73 Å². The number of aromatic nitrogens is 1. The van der Waals surface area contributed by atoms with E-state index in [9.17, 15) is 9.59 Å². The third-order valence-corrected chi connectivity index (χ3v) is 4.17. The Balaban J connectivity index is 2.06. The van der Waals surface area contributed by atoms with Gasteiger partial charge in [0.15, 0.2) is 5.78 Å².